The number of rotatable bonds is 4. The van der Waals surface area contributed by atoms with Gasteiger partial charge in [0.25, 0.3) is 0 Å². The third-order valence-corrected chi connectivity index (χ3v) is 9.62. The summed E-state index contributed by atoms with van der Waals surface area (Å²) in [4.78, 5) is 2.94. The Bertz CT molecular complexity index is 1470. The average Bonchev–Trinajstić information content (AvgIpc) is 3.11. The highest BCUT2D eigenvalue weighted by Gasteiger charge is 2.32. The molecule has 1 aliphatic heterocycles. The van der Waals surface area contributed by atoms with E-state index in [0.717, 1.165) is 11.4 Å². The van der Waals surface area contributed by atoms with Crippen LogP contribution in [0.3, 0.4) is 0 Å². The van der Waals surface area contributed by atoms with Gasteiger partial charge in [-0.25, -0.2) is 0 Å². The molecule has 5 aromatic rings. The molecule has 6 rings (SSSR count). The first kappa shape index (κ1) is 20.8. The summed E-state index contributed by atoms with van der Waals surface area (Å²) < 4.78 is 0. The van der Waals surface area contributed by atoms with Gasteiger partial charge in [0, 0.05) is 21.2 Å². The molecule has 0 unspecified atom stereocenters. The van der Waals surface area contributed by atoms with Crippen molar-refractivity contribution in [3.05, 3.63) is 121 Å². The van der Waals surface area contributed by atoms with Gasteiger partial charge < -0.3 is 5.32 Å². The molecule has 0 amide bonds. The zero-order chi connectivity index (χ0) is 23.1. The predicted molar refractivity (Wildman–Crippen MR) is 148 cm³/mol. The van der Waals surface area contributed by atoms with E-state index in [0.29, 0.717) is 0 Å². The Labute approximate surface area is 203 Å². The fraction of sp³-hybridized carbons (Fsp3) is 0.0625. The van der Waals surface area contributed by atoms with E-state index in [4.69, 9.17) is 0 Å². The number of nitrogens with one attached hydrogen (secondary N) is 1. The lowest BCUT2D eigenvalue weighted by Gasteiger charge is -2.29. The lowest BCUT2D eigenvalue weighted by Crippen LogP contribution is -1.95. The maximum absolute atomic E-state index is 3.63. The van der Waals surface area contributed by atoms with Crippen molar-refractivity contribution in [2.24, 2.45) is 0 Å². The first-order valence-electron chi connectivity index (χ1n) is 11.6. The number of hydrogen-bond donors (Lipinski definition) is 1. The Kier molecular flexibility index (Phi) is 5.04. The van der Waals surface area contributed by atoms with Crippen molar-refractivity contribution in [1.29, 1.82) is 0 Å². The average molecular weight is 458 g/mol. The normalized spacial score (nSPS) is 14.2. The Morgan fingerprint density at radius 3 is 1.56 bits per heavy atom. The van der Waals surface area contributed by atoms with Crippen LogP contribution in [-0.2, 0) is 0 Å². The van der Waals surface area contributed by atoms with Crippen LogP contribution in [0.1, 0.15) is 0 Å². The lowest BCUT2D eigenvalue weighted by atomic mass is 10.0. The first-order chi connectivity index (χ1) is 16.6. The van der Waals surface area contributed by atoms with Crippen molar-refractivity contribution < 1.29 is 0 Å². The van der Waals surface area contributed by atoms with Gasteiger partial charge in [-0.3, -0.25) is 0 Å². The molecule has 1 nitrogen and oxygen atoms in total. The third-order valence-electron chi connectivity index (χ3n) is 6.74. The molecule has 1 aliphatic rings. The molecule has 0 aromatic heterocycles. The van der Waals surface area contributed by atoms with Crippen LogP contribution in [0.5, 0.6) is 0 Å². The minimum Gasteiger partial charge on any atom is -0.355 e. The van der Waals surface area contributed by atoms with Crippen LogP contribution in [0.15, 0.2) is 131 Å². The van der Waals surface area contributed by atoms with Gasteiger partial charge in [-0.1, -0.05) is 91.0 Å². The van der Waals surface area contributed by atoms with E-state index in [1.54, 1.807) is 0 Å². The third kappa shape index (κ3) is 3.61. The molecule has 0 bridgehead atoms. The topological polar surface area (TPSA) is 12.0 Å². The minimum absolute atomic E-state index is 1.09. The molecule has 166 valence electrons. The largest absolute Gasteiger partial charge is 0.355 e. The maximum atomic E-state index is 3.63. The molecule has 0 radical (unpaired) electrons. The van der Waals surface area contributed by atoms with Crippen LogP contribution < -0.4 is 5.32 Å². The fourth-order valence-electron chi connectivity index (χ4n) is 4.88. The van der Waals surface area contributed by atoms with Crippen LogP contribution in [0.2, 0.25) is 0 Å². The predicted octanol–water partition coefficient (Wildman–Crippen LogP) is 9.23. The van der Waals surface area contributed by atoms with Crippen molar-refractivity contribution in [3.63, 3.8) is 0 Å². The molecule has 0 spiro atoms. The monoisotopic (exact) mass is 457 g/mol. The zero-order valence-electron chi connectivity index (χ0n) is 19.5. The molecule has 0 saturated heterocycles. The van der Waals surface area contributed by atoms with E-state index < -0.39 is 10.0 Å². The molecule has 5 aromatic carbocycles. The van der Waals surface area contributed by atoms with Crippen LogP contribution in [0, 0.1) is 0 Å². The molecule has 2 heteroatoms. The molecular formula is C32H27NS. The van der Waals surface area contributed by atoms with Gasteiger partial charge in [0.1, 0.15) is 0 Å². The van der Waals surface area contributed by atoms with E-state index in [-0.39, 0.29) is 0 Å². The number of hydrogen-bond acceptors (Lipinski definition) is 1. The summed E-state index contributed by atoms with van der Waals surface area (Å²) in [6.07, 6.45) is 4.84. The van der Waals surface area contributed by atoms with Crippen LogP contribution in [0.4, 0.5) is 11.4 Å². The van der Waals surface area contributed by atoms with E-state index in [9.17, 15) is 0 Å². The molecule has 1 N–H and O–H groups in total. The maximum Gasteiger partial charge on any atom is 0.0395 e. The van der Waals surface area contributed by atoms with Gasteiger partial charge in [0.05, 0.1) is 0 Å². The summed E-state index contributed by atoms with van der Waals surface area (Å²) in [5.74, 6) is 0. The lowest BCUT2D eigenvalue weighted by molar-refractivity contribution is 1.43. The molecule has 0 atom stereocenters. The number of anilines is 2. The first-order valence-corrected chi connectivity index (χ1v) is 14.0. The van der Waals surface area contributed by atoms with Gasteiger partial charge in [0.15, 0.2) is 0 Å². The Balaban J connectivity index is 1.30. The van der Waals surface area contributed by atoms with Crippen molar-refractivity contribution in [1.82, 2.24) is 0 Å². The summed E-state index contributed by atoms with van der Waals surface area (Å²) in [7, 11) is -1.09. The molecule has 0 aliphatic carbocycles. The van der Waals surface area contributed by atoms with Crippen molar-refractivity contribution in [3.8, 4) is 33.4 Å². The zero-order valence-corrected chi connectivity index (χ0v) is 20.3. The van der Waals surface area contributed by atoms with Crippen molar-refractivity contribution >= 4 is 21.4 Å². The molecule has 0 saturated carbocycles. The second-order valence-electron chi connectivity index (χ2n) is 9.18. The van der Waals surface area contributed by atoms with Crippen molar-refractivity contribution in [2.75, 3.05) is 17.8 Å². The van der Waals surface area contributed by atoms with Crippen LogP contribution in [0.25, 0.3) is 33.4 Å². The summed E-state index contributed by atoms with van der Waals surface area (Å²) in [5.41, 5.74) is 10.0. The van der Waals surface area contributed by atoms with Crippen LogP contribution >= 0.6 is 10.0 Å². The summed E-state index contributed by atoms with van der Waals surface area (Å²) in [6.45, 7) is 0. The molecular weight excluding hydrogens is 430 g/mol. The molecule has 0 fully saturated rings. The van der Waals surface area contributed by atoms with Gasteiger partial charge in [0.2, 0.25) is 0 Å². The molecule has 1 heterocycles. The van der Waals surface area contributed by atoms with Crippen LogP contribution in [-0.4, -0.2) is 12.5 Å². The second-order valence-corrected chi connectivity index (χ2v) is 12.7. The van der Waals surface area contributed by atoms with Gasteiger partial charge in [-0.2, -0.15) is 10.0 Å². The Morgan fingerprint density at radius 1 is 0.441 bits per heavy atom. The standard InChI is InChI=1S/C32H27NS/c1-34(2)31-21-26(24-11-7-4-8-12-24)15-19-29(31)30-20-18-28(22-32(30)34)33-27-16-13-25(14-17-27)23-9-5-3-6-10-23/h3-22,33H,1-2H3. The van der Waals surface area contributed by atoms with E-state index in [1.807, 2.05) is 0 Å². The van der Waals surface area contributed by atoms with Gasteiger partial charge in [-0.15, -0.1) is 0 Å². The van der Waals surface area contributed by atoms with E-state index in [1.165, 1.54) is 43.2 Å². The SMILES string of the molecule is CS1(C)c2cc(Nc3ccc(-c4ccccc4)cc3)ccc2-c2ccc(-c3ccccc3)cc21. The highest BCUT2D eigenvalue weighted by molar-refractivity contribution is 8.33. The summed E-state index contributed by atoms with van der Waals surface area (Å²) >= 11 is 0. The highest BCUT2D eigenvalue weighted by atomic mass is 32.3. The fourth-order valence-corrected chi connectivity index (χ4v) is 7.42. The highest BCUT2D eigenvalue weighted by Crippen LogP contribution is 2.68. The van der Waals surface area contributed by atoms with E-state index in [2.05, 4.69) is 139 Å². The molecule has 34 heavy (non-hydrogen) atoms. The van der Waals surface area contributed by atoms with Crippen molar-refractivity contribution in [2.45, 2.75) is 9.79 Å². The number of fused-ring (bicyclic) bond motifs is 3. The Morgan fingerprint density at radius 2 is 0.912 bits per heavy atom. The second kappa shape index (κ2) is 8.23. The Hall–Kier alpha value is -3.75. The summed E-state index contributed by atoms with van der Waals surface area (Å²) in [5, 5.41) is 3.63. The summed E-state index contributed by atoms with van der Waals surface area (Å²) in [6, 6.07) is 43.7. The number of benzene rings is 5. The smallest absolute Gasteiger partial charge is 0.0395 e. The van der Waals surface area contributed by atoms with Gasteiger partial charge in [-0.05, 0) is 76.2 Å². The van der Waals surface area contributed by atoms with E-state index >= 15 is 0 Å². The minimum atomic E-state index is -1.09. The quantitative estimate of drug-likeness (QED) is 0.283. The van der Waals surface area contributed by atoms with Gasteiger partial charge >= 0.3 is 0 Å².